The van der Waals surface area contributed by atoms with Crippen molar-refractivity contribution in [2.75, 3.05) is 31.8 Å². The van der Waals surface area contributed by atoms with Crippen LogP contribution < -0.4 is 9.64 Å². The summed E-state index contributed by atoms with van der Waals surface area (Å²) in [5.74, 6) is -1.41. The van der Waals surface area contributed by atoms with Crippen LogP contribution in [0, 0.1) is 17.8 Å². The summed E-state index contributed by atoms with van der Waals surface area (Å²) in [5.41, 5.74) is 0.668. The predicted molar refractivity (Wildman–Crippen MR) is 143 cm³/mol. The molecule has 7 atom stereocenters. The number of fused-ring (bicyclic) bond motifs is 1. The van der Waals surface area contributed by atoms with Crippen molar-refractivity contribution < 1.29 is 29.0 Å². The van der Waals surface area contributed by atoms with Crippen molar-refractivity contribution in [3.05, 3.63) is 36.9 Å². The molecule has 1 aromatic carbocycles. The number of amides is 2. The van der Waals surface area contributed by atoms with E-state index >= 15 is 0 Å². The Balaban J connectivity index is 1.82. The topological polar surface area (TPSA) is 96.4 Å². The van der Waals surface area contributed by atoms with Crippen LogP contribution in [0.5, 0.6) is 5.75 Å². The van der Waals surface area contributed by atoms with Gasteiger partial charge in [0, 0.05) is 17.5 Å². The number of aliphatic hydroxyl groups excluding tert-OH is 1. The van der Waals surface area contributed by atoms with E-state index in [2.05, 4.69) is 6.58 Å². The Morgan fingerprint density at radius 1 is 1.32 bits per heavy atom. The fourth-order valence-electron chi connectivity index (χ4n) is 6.41. The molecule has 0 saturated carbocycles. The van der Waals surface area contributed by atoms with Crippen LogP contribution in [-0.4, -0.2) is 76.7 Å². The van der Waals surface area contributed by atoms with E-state index in [0.29, 0.717) is 17.9 Å². The van der Waals surface area contributed by atoms with Gasteiger partial charge in [-0.1, -0.05) is 26.3 Å². The monoisotopic (exact) mass is 530 g/mol. The summed E-state index contributed by atoms with van der Waals surface area (Å²) in [6.07, 6.45) is 3.80. The zero-order valence-corrected chi connectivity index (χ0v) is 22.9. The second-order valence-electron chi connectivity index (χ2n) is 10.1. The van der Waals surface area contributed by atoms with Gasteiger partial charge in [0.05, 0.1) is 42.9 Å². The number of likely N-dealkylation sites (tertiary alicyclic amines) is 1. The Labute approximate surface area is 223 Å². The molecule has 3 heterocycles. The van der Waals surface area contributed by atoms with Crippen LogP contribution >= 0.6 is 11.8 Å². The summed E-state index contributed by atoms with van der Waals surface area (Å²) in [6.45, 7) is 9.85. The zero-order valence-electron chi connectivity index (χ0n) is 22.1. The normalized spacial score (nSPS) is 29.5. The third kappa shape index (κ3) is 4.44. The second-order valence-corrected chi connectivity index (χ2v) is 11.7. The lowest BCUT2D eigenvalue weighted by molar-refractivity contribution is -0.154. The van der Waals surface area contributed by atoms with E-state index in [1.54, 1.807) is 53.8 Å². The van der Waals surface area contributed by atoms with Crippen LogP contribution in [0.25, 0.3) is 0 Å². The quantitative estimate of drug-likeness (QED) is 0.347. The number of nitrogens with zero attached hydrogens (tertiary/aromatic N) is 2. The molecular weight excluding hydrogens is 492 g/mol. The lowest BCUT2D eigenvalue weighted by Gasteiger charge is -2.41. The van der Waals surface area contributed by atoms with Gasteiger partial charge in [0.2, 0.25) is 5.91 Å². The first-order valence-electron chi connectivity index (χ1n) is 13.1. The molecule has 3 fully saturated rings. The average Bonchev–Trinajstić information content (AvgIpc) is 3.55. The van der Waals surface area contributed by atoms with Gasteiger partial charge < -0.3 is 24.4 Å². The van der Waals surface area contributed by atoms with Crippen molar-refractivity contribution in [2.45, 2.75) is 62.1 Å². The Hall–Kier alpha value is -2.52. The molecule has 1 spiro atoms. The van der Waals surface area contributed by atoms with Crippen LogP contribution in [0.4, 0.5) is 5.69 Å². The number of anilines is 1. The van der Waals surface area contributed by atoms with E-state index in [4.69, 9.17) is 9.47 Å². The summed E-state index contributed by atoms with van der Waals surface area (Å²) in [6, 6.07) is 5.87. The maximum Gasteiger partial charge on any atom is 0.310 e. The summed E-state index contributed by atoms with van der Waals surface area (Å²) in [5, 5.41) is 10.4. The van der Waals surface area contributed by atoms with Crippen LogP contribution in [0.3, 0.4) is 0 Å². The molecule has 0 aliphatic carbocycles. The van der Waals surface area contributed by atoms with Crippen LogP contribution in [0.15, 0.2) is 36.9 Å². The number of thioether (sulfide) groups is 1. The molecule has 3 saturated heterocycles. The maximum atomic E-state index is 14.5. The molecule has 9 heteroatoms. The number of methoxy groups -OCH3 is 1. The van der Waals surface area contributed by atoms with Crippen LogP contribution in [-0.2, 0) is 19.1 Å². The molecule has 0 aromatic heterocycles. The minimum atomic E-state index is -0.812. The van der Waals surface area contributed by atoms with E-state index in [1.807, 2.05) is 26.0 Å². The molecule has 4 rings (SSSR count). The molecular formula is C28H38N2O6S. The van der Waals surface area contributed by atoms with Crippen LogP contribution in [0.2, 0.25) is 0 Å². The van der Waals surface area contributed by atoms with E-state index in [9.17, 15) is 19.5 Å². The van der Waals surface area contributed by atoms with Crippen molar-refractivity contribution in [3.63, 3.8) is 0 Å². The number of carbonyl (C=O) groups excluding carboxylic acids is 3. The molecule has 3 aliphatic heterocycles. The summed E-state index contributed by atoms with van der Waals surface area (Å²) < 4.78 is 9.94. The Kier molecular flexibility index (Phi) is 8.23. The molecule has 202 valence electrons. The highest BCUT2D eigenvalue weighted by molar-refractivity contribution is 8.02. The fourth-order valence-corrected chi connectivity index (χ4v) is 8.60. The number of rotatable bonds is 11. The van der Waals surface area contributed by atoms with Gasteiger partial charge in [-0.3, -0.25) is 14.4 Å². The highest BCUT2D eigenvalue weighted by Gasteiger charge is 2.75. The molecule has 0 radical (unpaired) electrons. The van der Waals surface area contributed by atoms with Gasteiger partial charge in [0.25, 0.3) is 5.91 Å². The highest BCUT2D eigenvalue weighted by atomic mass is 32.2. The van der Waals surface area contributed by atoms with Gasteiger partial charge >= 0.3 is 5.97 Å². The molecule has 8 nitrogen and oxygen atoms in total. The molecule has 2 bridgehead atoms. The number of benzene rings is 1. The van der Waals surface area contributed by atoms with E-state index < -0.39 is 28.7 Å². The Bertz CT molecular complexity index is 1030. The zero-order chi connectivity index (χ0) is 26.9. The molecule has 2 amide bonds. The first-order chi connectivity index (χ1) is 17.8. The number of ether oxygens (including phenoxy) is 2. The lowest BCUT2D eigenvalue weighted by atomic mass is 9.71. The summed E-state index contributed by atoms with van der Waals surface area (Å²) in [4.78, 5) is 45.1. The van der Waals surface area contributed by atoms with Gasteiger partial charge in [-0.2, -0.15) is 0 Å². The van der Waals surface area contributed by atoms with Crippen molar-refractivity contribution in [2.24, 2.45) is 17.8 Å². The Morgan fingerprint density at radius 2 is 2.03 bits per heavy atom. The minimum absolute atomic E-state index is 0.0310. The minimum Gasteiger partial charge on any atom is -0.497 e. The summed E-state index contributed by atoms with van der Waals surface area (Å²) in [7, 11) is 1.58. The van der Waals surface area contributed by atoms with Crippen molar-refractivity contribution in [1.29, 1.82) is 0 Å². The molecule has 37 heavy (non-hydrogen) atoms. The standard InChI is InChI=1S/C28H38N2O6S/c1-6-15-29(18-9-11-19(35-5)12-10-18)26(33)24-28-14-13-21(37-28)22(27(34)36-8-3)23(28)25(32)30(24)20(16-31)17(4)7-2/h6,9-12,17,20-24,31H,1,7-8,13-16H2,2-5H3/t17-,20-,21-,22+,23-,24?,28?/m0/s1. The largest absolute Gasteiger partial charge is 0.497 e. The van der Waals surface area contributed by atoms with Gasteiger partial charge in [-0.05, 0) is 49.9 Å². The van der Waals surface area contributed by atoms with Gasteiger partial charge in [0.1, 0.15) is 11.8 Å². The second kappa shape index (κ2) is 11.1. The number of carbonyl (C=O) groups is 3. The lowest BCUT2D eigenvalue weighted by Crippen LogP contribution is -2.58. The first-order valence-corrected chi connectivity index (χ1v) is 14.0. The van der Waals surface area contributed by atoms with Gasteiger partial charge in [0.15, 0.2) is 0 Å². The fraction of sp³-hybridized carbons (Fsp3) is 0.607. The third-order valence-electron chi connectivity index (χ3n) is 8.34. The molecule has 1 aromatic rings. The SMILES string of the molecule is C=CCN(C(=O)C1N([C@@H](CO)[C@@H](C)CC)C(=O)[C@@H]2[C@H](C(=O)OCC)[C@@H]3CCC12S3)c1ccc(OC)cc1. The van der Waals surface area contributed by atoms with E-state index in [-0.39, 0.29) is 48.7 Å². The third-order valence-corrected chi connectivity index (χ3v) is 10.3. The molecule has 1 N–H and O–H groups in total. The van der Waals surface area contributed by atoms with E-state index in [0.717, 1.165) is 12.8 Å². The number of esters is 1. The smallest absolute Gasteiger partial charge is 0.310 e. The summed E-state index contributed by atoms with van der Waals surface area (Å²) >= 11 is 1.60. The molecule has 3 aliphatic rings. The van der Waals surface area contributed by atoms with Crippen molar-refractivity contribution in [1.82, 2.24) is 4.90 Å². The van der Waals surface area contributed by atoms with Crippen molar-refractivity contribution >= 4 is 35.2 Å². The number of aliphatic hydroxyl groups is 1. The number of hydrogen-bond donors (Lipinski definition) is 1. The van der Waals surface area contributed by atoms with E-state index in [1.165, 1.54) is 0 Å². The average molecular weight is 531 g/mol. The van der Waals surface area contributed by atoms with Gasteiger partial charge in [-0.15, -0.1) is 18.3 Å². The number of hydrogen-bond acceptors (Lipinski definition) is 7. The Morgan fingerprint density at radius 3 is 2.59 bits per heavy atom. The first kappa shape index (κ1) is 27.5. The van der Waals surface area contributed by atoms with Gasteiger partial charge in [-0.25, -0.2) is 0 Å². The van der Waals surface area contributed by atoms with Crippen molar-refractivity contribution in [3.8, 4) is 5.75 Å². The maximum absolute atomic E-state index is 14.5. The van der Waals surface area contributed by atoms with Crippen LogP contribution in [0.1, 0.15) is 40.0 Å². The predicted octanol–water partition coefficient (Wildman–Crippen LogP) is 3.28. The molecule has 2 unspecified atom stereocenters. The highest BCUT2D eigenvalue weighted by Crippen LogP contribution is 2.67.